The second-order valence-electron chi connectivity index (χ2n) is 5.68. The van der Waals surface area contributed by atoms with Gasteiger partial charge >= 0.3 is 0 Å². The Morgan fingerprint density at radius 2 is 1.83 bits per heavy atom. The van der Waals surface area contributed by atoms with E-state index in [2.05, 4.69) is 26.7 Å². The number of aromatic nitrogens is 2. The number of anilines is 1. The number of rotatable bonds is 4. The Balaban J connectivity index is 1.35. The van der Waals surface area contributed by atoms with Crippen molar-refractivity contribution in [2.24, 2.45) is 0 Å². The SMILES string of the molecule is O=C(c1ccc(-c2cccs2)cc1)N1CC(Nc2ncccn2)C1. The Kier molecular flexibility index (Phi) is 3.96. The second kappa shape index (κ2) is 6.41. The van der Waals surface area contributed by atoms with Crippen molar-refractivity contribution in [3.63, 3.8) is 0 Å². The molecule has 1 aliphatic rings. The molecule has 2 aromatic heterocycles. The molecule has 1 N–H and O–H groups in total. The highest BCUT2D eigenvalue weighted by molar-refractivity contribution is 7.13. The average Bonchev–Trinajstić information content (AvgIpc) is 3.13. The van der Waals surface area contributed by atoms with Crippen molar-refractivity contribution in [3.8, 4) is 10.4 Å². The van der Waals surface area contributed by atoms with E-state index in [1.807, 2.05) is 35.2 Å². The fourth-order valence-electron chi connectivity index (χ4n) is 2.69. The number of amides is 1. The van der Waals surface area contributed by atoms with E-state index in [0.717, 1.165) is 11.1 Å². The first kappa shape index (κ1) is 14.8. The van der Waals surface area contributed by atoms with Gasteiger partial charge in [0.25, 0.3) is 5.91 Å². The van der Waals surface area contributed by atoms with Crippen molar-refractivity contribution in [1.29, 1.82) is 0 Å². The van der Waals surface area contributed by atoms with E-state index in [-0.39, 0.29) is 11.9 Å². The highest BCUT2D eigenvalue weighted by Crippen LogP contribution is 2.25. The number of carbonyl (C=O) groups excluding carboxylic acids is 1. The van der Waals surface area contributed by atoms with Gasteiger partial charge in [0.2, 0.25) is 5.95 Å². The quantitative estimate of drug-likeness (QED) is 0.795. The molecule has 24 heavy (non-hydrogen) atoms. The van der Waals surface area contributed by atoms with Crippen LogP contribution in [0.15, 0.2) is 60.2 Å². The molecule has 1 saturated heterocycles. The second-order valence-corrected chi connectivity index (χ2v) is 6.63. The molecule has 0 spiro atoms. The number of likely N-dealkylation sites (tertiary alicyclic amines) is 1. The van der Waals surface area contributed by atoms with Crippen LogP contribution in [-0.4, -0.2) is 39.9 Å². The highest BCUT2D eigenvalue weighted by Gasteiger charge is 2.31. The molecular weight excluding hydrogens is 320 g/mol. The smallest absolute Gasteiger partial charge is 0.253 e. The minimum absolute atomic E-state index is 0.0692. The lowest BCUT2D eigenvalue weighted by Gasteiger charge is -2.39. The van der Waals surface area contributed by atoms with Crippen LogP contribution in [0.1, 0.15) is 10.4 Å². The van der Waals surface area contributed by atoms with Crippen molar-refractivity contribution in [2.45, 2.75) is 6.04 Å². The Hall–Kier alpha value is -2.73. The van der Waals surface area contributed by atoms with Crippen LogP contribution in [0.4, 0.5) is 5.95 Å². The van der Waals surface area contributed by atoms with Gasteiger partial charge in [-0.05, 0) is 35.2 Å². The maximum atomic E-state index is 12.5. The van der Waals surface area contributed by atoms with Crippen LogP contribution >= 0.6 is 11.3 Å². The molecule has 6 heteroatoms. The molecule has 0 atom stereocenters. The first-order valence-corrected chi connectivity index (χ1v) is 8.64. The average molecular weight is 336 g/mol. The third kappa shape index (κ3) is 3.00. The third-order valence-corrected chi connectivity index (χ3v) is 4.92. The van der Waals surface area contributed by atoms with Crippen molar-refractivity contribution in [2.75, 3.05) is 18.4 Å². The van der Waals surface area contributed by atoms with E-state index in [1.165, 1.54) is 4.88 Å². The van der Waals surface area contributed by atoms with Crippen LogP contribution in [0.3, 0.4) is 0 Å². The highest BCUT2D eigenvalue weighted by atomic mass is 32.1. The Labute approximate surface area is 144 Å². The van der Waals surface area contributed by atoms with Gasteiger partial charge in [0.1, 0.15) is 0 Å². The van der Waals surface area contributed by atoms with Gasteiger partial charge in [-0.3, -0.25) is 4.79 Å². The van der Waals surface area contributed by atoms with Crippen LogP contribution in [-0.2, 0) is 0 Å². The van der Waals surface area contributed by atoms with E-state index in [1.54, 1.807) is 29.8 Å². The van der Waals surface area contributed by atoms with E-state index < -0.39 is 0 Å². The molecule has 4 rings (SSSR count). The van der Waals surface area contributed by atoms with E-state index in [0.29, 0.717) is 19.0 Å². The molecule has 3 aromatic rings. The van der Waals surface area contributed by atoms with Gasteiger partial charge in [0, 0.05) is 35.9 Å². The summed E-state index contributed by atoms with van der Waals surface area (Å²) in [5.74, 6) is 0.676. The van der Waals surface area contributed by atoms with Crippen molar-refractivity contribution in [3.05, 3.63) is 65.8 Å². The molecule has 1 fully saturated rings. The molecule has 1 aliphatic heterocycles. The zero-order valence-electron chi connectivity index (χ0n) is 12.9. The lowest BCUT2D eigenvalue weighted by molar-refractivity contribution is 0.0624. The fraction of sp³-hybridized carbons (Fsp3) is 0.167. The number of hydrogen-bond acceptors (Lipinski definition) is 5. The first-order chi connectivity index (χ1) is 11.8. The summed E-state index contributed by atoms with van der Waals surface area (Å²) in [7, 11) is 0. The van der Waals surface area contributed by atoms with Gasteiger partial charge in [-0.25, -0.2) is 9.97 Å². The predicted octanol–water partition coefficient (Wildman–Crippen LogP) is 3.14. The van der Waals surface area contributed by atoms with Crippen LogP contribution in [0.2, 0.25) is 0 Å². The van der Waals surface area contributed by atoms with Crippen LogP contribution in [0, 0.1) is 0 Å². The van der Waals surface area contributed by atoms with E-state index in [4.69, 9.17) is 0 Å². The third-order valence-electron chi connectivity index (χ3n) is 4.01. The maximum absolute atomic E-state index is 12.5. The largest absolute Gasteiger partial charge is 0.348 e. The Bertz CT molecular complexity index is 812. The number of thiophene rings is 1. The predicted molar refractivity (Wildman–Crippen MR) is 95.1 cm³/mol. The van der Waals surface area contributed by atoms with Gasteiger partial charge < -0.3 is 10.2 Å². The van der Waals surface area contributed by atoms with Gasteiger partial charge in [-0.15, -0.1) is 11.3 Å². The number of nitrogens with one attached hydrogen (secondary N) is 1. The summed E-state index contributed by atoms with van der Waals surface area (Å²) in [6.07, 6.45) is 3.40. The number of benzene rings is 1. The lowest BCUT2D eigenvalue weighted by Crippen LogP contribution is -2.57. The Morgan fingerprint density at radius 3 is 2.50 bits per heavy atom. The summed E-state index contributed by atoms with van der Waals surface area (Å²) in [4.78, 5) is 23.8. The lowest BCUT2D eigenvalue weighted by atomic mass is 10.1. The molecule has 1 amide bonds. The standard InChI is InChI=1S/C18H16N4OS/c23-17(14-6-4-13(5-7-14)16-3-1-10-24-16)22-11-15(12-22)21-18-19-8-2-9-20-18/h1-10,15H,11-12H2,(H,19,20,21). The summed E-state index contributed by atoms with van der Waals surface area (Å²) in [5.41, 5.74) is 1.87. The van der Waals surface area contributed by atoms with Crippen LogP contribution in [0.5, 0.6) is 0 Å². The van der Waals surface area contributed by atoms with E-state index in [9.17, 15) is 4.79 Å². The van der Waals surface area contributed by atoms with Crippen LogP contribution < -0.4 is 5.32 Å². The number of nitrogens with zero attached hydrogens (tertiary/aromatic N) is 3. The van der Waals surface area contributed by atoms with E-state index >= 15 is 0 Å². The molecule has 5 nitrogen and oxygen atoms in total. The molecule has 0 bridgehead atoms. The van der Waals surface area contributed by atoms with Gasteiger partial charge in [-0.1, -0.05) is 18.2 Å². The molecule has 3 heterocycles. The summed E-state index contributed by atoms with van der Waals surface area (Å²) >= 11 is 1.70. The Morgan fingerprint density at radius 1 is 1.08 bits per heavy atom. The molecule has 0 unspecified atom stereocenters. The summed E-state index contributed by atoms with van der Waals surface area (Å²) in [6, 6.07) is 13.9. The maximum Gasteiger partial charge on any atom is 0.253 e. The topological polar surface area (TPSA) is 58.1 Å². The normalized spacial score (nSPS) is 14.2. The summed E-state index contributed by atoms with van der Waals surface area (Å²) < 4.78 is 0. The van der Waals surface area contributed by atoms with Gasteiger partial charge in [0.05, 0.1) is 6.04 Å². The van der Waals surface area contributed by atoms with Gasteiger partial charge in [-0.2, -0.15) is 0 Å². The zero-order valence-corrected chi connectivity index (χ0v) is 13.7. The van der Waals surface area contributed by atoms with Gasteiger partial charge in [0.15, 0.2) is 0 Å². The molecule has 1 aromatic carbocycles. The summed E-state index contributed by atoms with van der Waals surface area (Å²) in [5, 5.41) is 5.28. The molecule has 120 valence electrons. The minimum Gasteiger partial charge on any atom is -0.348 e. The molecule has 0 saturated carbocycles. The van der Waals surface area contributed by atoms with Crippen LogP contribution in [0.25, 0.3) is 10.4 Å². The molecular formula is C18H16N4OS. The minimum atomic E-state index is 0.0692. The molecule has 0 aliphatic carbocycles. The van der Waals surface area contributed by atoms with Crippen molar-refractivity contribution < 1.29 is 4.79 Å². The zero-order chi connectivity index (χ0) is 16.4. The monoisotopic (exact) mass is 336 g/mol. The fourth-order valence-corrected chi connectivity index (χ4v) is 3.43. The molecule has 0 radical (unpaired) electrons. The number of carbonyl (C=O) groups is 1. The van der Waals surface area contributed by atoms with Crippen molar-refractivity contribution in [1.82, 2.24) is 14.9 Å². The van der Waals surface area contributed by atoms with Crippen molar-refractivity contribution >= 4 is 23.2 Å². The first-order valence-electron chi connectivity index (χ1n) is 7.76. The number of hydrogen-bond donors (Lipinski definition) is 1. The summed E-state index contributed by atoms with van der Waals surface area (Å²) in [6.45, 7) is 1.34.